The zero-order valence-electron chi connectivity index (χ0n) is 17.7. The van der Waals surface area contributed by atoms with Gasteiger partial charge in [-0.15, -0.1) is 0 Å². The van der Waals surface area contributed by atoms with Crippen LogP contribution in [0.1, 0.15) is 46.8 Å². The standard InChI is InChI=1S/C27H21BrCl2N2O/c28-24-7-2-1-5-22(24)27(33)32-26(18-10-14-21(30)15-11-18)23-6-3-4-19(25(23)31-32)16-17-8-12-20(29)13-9-17/h1-2,5,7-16,23,26H,3-4,6H2/b19-16+/t23-,26+/m0/s1. The third-order valence-electron chi connectivity index (χ3n) is 6.24. The molecule has 0 unspecified atom stereocenters. The van der Waals surface area contributed by atoms with Crippen LogP contribution in [-0.2, 0) is 0 Å². The Labute approximate surface area is 211 Å². The van der Waals surface area contributed by atoms with Crippen LogP contribution in [0.3, 0.4) is 0 Å². The van der Waals surface area contributed by atoms with Crippen LogP contribution in [0.25, 0.3) is 6.08 Å². The molecule has 2 atom stereocenters. The van der Waals surface area contributed by atoms with Gasteiger partial charge in [-0.1, -0.05) is 59.6 Å². The van der Waals surface area contributed by atoms with Gasteiger partial charge >= 0.3 is 0 Å². The molecule has 0 radical (unpaired) electrons. The molecule has 1 aliphatic carbocycles. The van der Waals surface area contributed by atoms with Crippen LogP contribution in [-0.4, -0.2) is 16.6 Å². The van der Waals surface area contributed by atoms with Gasteiger partial charge in [-0.05, 0) is 94.4 Å². The fourth-order valence-corrected chi connectivity index (χ4v) is 5.39. The van der Waals surface area contributed by atoms with Crippen LogP contribution >= 0.6 is 39.1 Å². The van der Waals surface area contributed by atoms with E-state index in [0.717, 1.165) is 40.6 Å². The highest BCUT2D eigenvalue weighted by atomic mass is 79.9. The van der Waals surface area contributed by atoms with E-state index in [2.05, 4.69) is 22.0 Å². The van der Waals surface area contributed by atoms with Crippen molar-refractivity contribution in [3.8, 4) is 0 Å². The molecule has 1 aliphatic heterocycles. The molecular weight excluding hydrogens is 519 g/mol. The molecule has 0 bridgehead atoms. The van der Waals surface area contributed by atoms with Crippen LogP contribution < -0.4 is 0 Å². The Balaban J connectivity index is 1.59. The molecule has 3 aromatic rings. The molecule has 0 N–H and O–H groups in total. The number of halogens is 3. The van der Waals surface area contributed by atoms with Gasteiger partial charge in [0.1, 0.15) is 0 Å². The quantitative estimate of drug-likeness (QED) is 0.330. The van der Waals surface area contributed by atoms with Gasteiger partial charge in [0.15, 0.2) is 0 Å². The number of nitrogens with zero attached hydrogens (tertiary/aromatic N) is 2. The van der Waals surface area contributed by atoms with E-state index in [0.29, 0.717) is 15.6 Å². The molecule has 1 amide bonds. The maximum Gasteiger partial charge on any atom is 0.275 e. The first-order chi connectivity index (χ1) is 16.0. The molecule has 0 spiro atoms. The Hall–Kier alpha value is -2.40. The monoisotopic (exact) mass is 538 g/mol. The topological polar surface area (TPSA) is 32.7 Å². The van der Waals surface area contributed by atoms with Gasteiger partial charge in [0.2, 0.25) is 0 Å². The molecule has 3 nitrogen and oxygen atoms in total. The highest BCUT2D eigenvalue weighted by Crippen LogP contribution is 2.45. The zero-order valence-corrected chi connectivity index (χ0v) is 20.8. The summed E-state index contributed by atoms with van der Waals surface area (Å²) in [6.07, 6.45) is 5.13. The highest BCUT2D eigenvalue weighted by Gasteiger charge is 2.44. The van der Waals surface area contributed by atoms with E-state index >= 15 is 0 Å². The molecule has 3 aromatic carbocycles. The highest BCUT2D eigenvalue weighted by molar-refractivity contribution is 9.10. The Morgan fingerprint density at radius 3 is 2.33 bits per heavy atom. The third-order valence-corrected chi connectivity index (χ3v) is 7.43. The average Bonchev–Trinajstić information content (AvgIpc) is 3.22. The lowest BCUT2D eigenvalue weighted by Crippen LogP contribution is -2.32. The number of allylic oxidation sites excluding steroid dienone is 1. The first-order valence-corrected chi connectivity index (χ1v) is 12.4. The van der Waals surface area contributed by atoms with E-state index in [-0.39, 0.29) is 17.9 Å². The van der Waals surface area contributed by atoms with Gasteiger partial charge in [-0.2, -0.15) is 5.10 Å². The average molecular weight is 540 g/mol. The normalized spacial score (nSPS) is 21.1. The van der Waals surface area contributed by atoms with Crippen molar-refractivity contribution < 1.29 is 4.79 Å². The molecule has 1 saturated carbocycles. The summed E-state index contributed by atoms with van der Waals surface area (Å²) in [5.74, 6) is 0.0140. The number of amides is 1. The van der Waals surface area contributed by atoms with Crippen LogP contribution in [0.15, 0.2) is 87.9 Å². The van der Waals surface area contributed by atoms with E-state index in [1.807, 2.05) is 72.8 Å². The van der Waals surface area contributed by atoms with Crippen molar-refractivity contribution in [3.05, 3.63) is 110 Å². The summed E-state index contributed by atoms with van der Waals surface area (Å²) >= 11 is 15.8. The summed E-state index contributed by atoms with van der Waals surface area (Å²) in [7, 11) is 0. The minimum absolute atomic E-state index is 0.116. The van der Waals surface area contributed by atoms with E-state index < -0.39 is 0 Å². The van der Waals surface area contributed by atoms with Crippen molar-refractivity contribution in [1.29, 1.82) is 0 Å². The third kappa shape index (κ3) is 4.52. The summed E-state index contributed by atoms with van der Waals surface area (Å²) in [4.78, 5) is 13.7. The number of hydrazone groups is 1. The second-order valence-corrected chi connectivity index (χ2v) is 10.1. The zero-order chi connectivity index (χ0) is 22.9. The summed E-state index contributed by atoms with van der Waals surface area (Å²) in [6, 6.07) is 22.9. The van der Waals surface area contributed by atoms with E-state index in [4.69, 9.17) is 28.3 Å². The van der Waals surface area contributed by atoms with Gasteiger partial charge in [0.05, 0.1) is 17.3 Å². The van der Waals surface area contributed by atoms with E-state index in [1.165, 1.54) is 5.57 Å². The van der Waals surface area contributed by atoms with Gasteiger partial charge < -0.3 is 0 Å². The second kappa shape index (κ2) is 9.46. The second-order valence-electron chi connectivity index (χ2n) is 8.33. The van der Waals surface area contributed by atoms with Crippen LogP contribution in [0.5, 0.6) is 0 Å². The maximum atomic E-state index is 13.7. The predicted octanol–water partition coefficient (Wildman–Crippen LogP) is 8.19. The number of hydrogen-bond donors (Lipinski definition) is 0. The molecule has 1 fully saturated rings. The van der Waals surface area contributed by atoms with Crippen LogP contribution in [0, 0.1) is 5.92 Å². The number of fused-ring (bicyclic) bond motifs is 1. The largest absolute Gasteiger partial charge is 0.275 e. The van der Waals surface area contributed by atoms with Crippen molar-refractivity contribution in [1.82, 2.24) is 5.01 Å². The van der Waals surface area contributed by atoms with Crippen molar-refractivity contribution in [2.24, 2.45) is 11.0 Å². The lowest BCUT2D eigenvalue weighted by atomic mass is 9.77. The molecule has 33 heavy (non-hydrogen) atoms. The summed E-state index contributed by atoms with van der Waals surface area (Å²) in [5, 5.41) is 8.01. The molecule has 5 rings (SSSR count). The predicted molar refractivity (Wildman–Crippen MR) is 139 cm³/mol. The number of carbonyl (C=O) groups is 1. The Kier molecular flexibility index (Phi) is 6.42. The van der Waals surface area contributed by atoms with E-state index in [1.54, 1.807) is 5.01 Å². The summed E-state index contributed by atoms with van der Waals surface area (Å²) in [6.45, 7) is 0. The maximum absolute atomic E-state index is 13.7. The molecule has 2 aliphatic rings. The minimum Gasteiger partial charge on any atom is -0.267 e. The number of carbonyl (C=O) groups excluding carboxylic acids is 1. The lowest BCUT2D eigenvalue weighted by Gasteiger charge is -2.30. The molecule has 6 heteroatoms. The van der Waals surface area contributed by atoms with Crippen molar-refractivity contribution >= 4 is 56.8 Å². The summed E-state index contributed by atoms with van der Waals surface area (Å²) in [5.41, 5.74) is 4.89. The van der Waals surface area contributed by atoms with Gasteiger partial charge in [0.25, 0.3) is 5.91 Å². The Morgan fingerprint density at radius 2 is 1.64 bits per heavy atom. The molecule has 0 aromatic heterocycles. The molecular formula is C27H21BrCl2N2O. The van der Waals surface area contributed by atoms with Gasteiger partial charge in [0, 0.05) is 20.4 Å². The van der Waals surface area contributed by atoms with Crippen molar-refractivity contribution in [2.45, 2.75) is 25.3 Å². The first-order valence-electron chi connectivity index (χ1n) is 10.9. The van der Waals surface area contributed by atoms with Gasteiger partial charge in [-0.25, -0.2) is 5.01 Å². The molecule has 166 valence electrons. The SMILES string of the molecule is O=C(c1ccccc1Br)N1N=C2/C(=C/c3ccc(Cl)cc3)CCC[C@@H]2[C@H]1c1ccc(Cl)cc1. The van der Waals surface area contributed by atoms with Crippen LogP contribution in [0.2, 0.25) is 10.0 Å². The Morgan fingerprint density at radius 1 is 0.970 bits per heavy atom. The minimum atomic E-state index is -0.175. The summed E-state index contributed by atoms with van der Waals surface area (Å²) < 4.78 is 0.761. The van der Waals surface area contributed by atoms with E-state index in [9.17, 15) is 4.79 Å². The van der Waals surface area contributed by atoms with Crippen molar-refractivity contribution in [2.75, 3.05) is 0 Å². The smallest absolute Gasteiger partial charge is 0.267 e. The first kappa shape index (κ1) is 22.4. The van der Waals surface area contributed by atoms with Crippen molar-refractivity contribution in [3.63, 3.8) is 0 Å². The number of hydrogen-bond acceptors (Lipinski definition) is 2. The number of benzene rings is 3. The lowest BCUT2D eigenvalue weighted by molar-refractivity contribution is 0.0680. The number of rotatable bonds is 3. The fourth-order valence-electron chi connectivity index (χ4n) is 4.68. The fraction of sp³-hybridized carbons (Fsp3) is 0.185. The van der Waals surface area contributed by atoms with Crippen LogP contribution in [0.4, 0.5) is 0 Å². The molecule has 0 saturated heterocycles. The Bertz CT molecular complexity index is 1250. The molecule has 1 heterocycles. The van der Waals surface area contributed by atoms with Gasteiger partial charge in [-0.3, -0.25) is 4.79 Å².